The van der Waals surface area contributed by atoms with Crippen molar-refractivity contribution in [3.63, 3.8) is 0 Å². The van der Waals surface area contributed by atoms with Crippen molar-refractivity contribution in [1.82, 2.24) is 15.1 Å². The van der Waals surface area contributed by atoms with E-state index in [1.165, 1.54) is 25.3 Å². The molecule has 2 N–H and O–H groups in total. The number of rotatable bonds is 6. The molecule has 4 rings (SSSR count). The molecule has 2 amide bonds. The molecule has 0 unspecified atom stereocenters. The summed E-state index contributed by atoms with van der Waals surface area (Å²) >= 11 is 0. The Kier molecular flexibility index (Phi) is 5.98. The predicted molar refractivity (Wildman–Crippen MR) is 116 cm³/mol. The fourth-order valence-corrected chi connectivity index (χ4v) is 3.09. The monoisotopic (exact) mass is 431 g/mol. The first-order valence-electron chi connectivity index (χ1n) is 9.70. The lowest BCUT2D eigenvalue weighted by atomic mass is 10.0. The third kappa shape index (κ3) is 4.84. The molecule has 0 saturated heterocycles. The first kappa shape index (κ1) is 20.9. The molecule has 2 heterocycles. The summed E-state index contributed by atoms with van der Waals surface area (Å²) in [5.41, 5.74) is 2.49. The number of nitrogens with zero attached hydrogens (tertiary/aromatic N) is 3. The van der Waals surface area contributed by atoms with Crippen molar-refractivity contribution >= 4 is 23.6 Å². The first-order chi connectivity index (χ1) is 15.5. The molecule has 2 aromatic carbocycles. The SMILES string of the molecule is CC(=O)Nc1nccc(-c2c(-c3ccc(F)cc3)noc2NC(=O)Cc2ccccc2)n1. The summed E-state index contributed by atoms with van der Waals surface area (Å²) < 4.78 is 18.9. The van der Waals surface area contributed by atoms with E-state index in [2.05, 4.69) is 25.8 Å². The van der Waals surface area contributed by atoms with Crippen LogP contribution in [0, 0.1) is 5.82 Å². The molecular formula is C23H18FN5O3. The van der Waals surface area contributed by atoms with Gasteiger partial charge in [0.1, 0.15) is 11.5 Å². The minimum absolute atomic E-state index is 0.0812. The summed E-state index contributed by atoms with van der Waals surface area (Å²) in [6.07, 6.45) is 1.60. The van der Waals surface area contributed by atoms with Gasteiger partial charge in [-0.3, -0.25) is 20.2 Å². The van der Waals surface area contributed by atoms with Gasteiger partial charge in [-0.15, -0.1) is 0 Å². The number of carbonyl (C=O) groups excluding carboxylic acids is 2. The van der Waals surface area contributed by atoms with E-state index in [9.17, 15) is 14.0 Å². The average molecular weight is 431 g/mol. The topological polar surface area (TPSA) is 110 Å². The number of halogens is 1. The Bertz CT molecular complexity index is 1260. The second-order valence-electron chi connectivity index (χ2n) is 6.90. The van der Waals surface area contributed by atoms with E-state index >= 15 is 0 Å². The van der Waals surface area contributed by atoms with Gasteiger partial charge in [-0.1, -0.05) is 35.5 Å². The molecule has 160 valence electrons. The molecule has 4 aromatic rings. The molecule has 0 aliphatic rings. The van der Waals surface area contributed by atoms with E-state index < -0.39 is 5.82 Å². The Labute approximate surface area is 182 Å². The van der Waals surface area contributed by atoms with Gasteiger partial charge in [0.15, 0.2) is 0 Å². The first-order valence-corrected chi connectivity index (χ1v) is 9.70. The molecule has 9 heteroatoms. The number of carbonyl (C=O) groups is 2. The van der Waals surface area contributed by atoms with E-state index in [0.29, 0.717) is 22.5 Å². The van der Waals surface area contributed by atoms with Crippen LogP contribution in [0.1, 0.15) is 12.5 Å². The van der Waals surface area contributed by atoms with Crippen LogP contribution in [0.4, 0.5) is 16.2 Å². The summed E-state index contributed by atoms with van der Waals surface area (Å²) in [6.45, 7) is 1.34. The molecule has 0 aliphatic carbocycles. The van der Waals surface area contributed by atoms with Crippen molar-refractivity contribution in [2.45, 2.75) is 13.3 Å². The minimum Gasteiger partial charge on any atom is -0.337 e. The van der Waals surface area contributed by atoms with Crippen molar-refractivity contribution in [3.8, 4) is 22.5 Å². The standard InChI is InChI=1S/C23H18FN5O3/c1-14(30)26-23-25-12-11-18(27-23)20-21(16-7-9-17(24)10-8-16)29-32-22(20)28-19(31)13-15-5-3-2-4-6-15/h2-12H,13H2,1H3,(H,28,31)(H,25,26,27,30). The molecule has 0 spiro atoms. The summed E-state index contributed by atoms with van der Waals surface area (Å²) in [7, 11) is 0. The van der Waals surface area contributed by atoms with Gasteiger partial charge >= 0.3 is 0 Å². The highest BCUT2D eigenvalue weighted by Crippen LogP contribution is 2.37. The molecule has 32 heavy (non-hydrogen) atoms. The number of anilines is 2. The number of aromatic nitrogens is 3. The molecule has 0 radical (unpaired) electrons. The quantitative estimate of drug-likeness (QED) is 0.476. The zero-order chi connectivity index (χ0) is 22.5. The number of hydrogen-bond acceptors (Lipinski definition) is 6. The molecule has 8 nitrogen and oxygen atoms in total. The third-order valence-electron chi connectivity index (χ3n) is 4.47. The van der Waals surface area contributed by atoms with E-state index in [0.717, 1.165) is 5.56 Å². The predicted octanol–water partition coefficient (Wildman–Crippen LogP) is 4.08. The van der Waals surface area contributed by atoms with Gasteiger partial charge in [0.05, 0.1) is 17.7 Å². The number of nitrogens with one attached hydrogen (secondary N) is 2. The van der Waals surface area contributed by atoms with Crippen LogP contribution in [0.2, 0.25) is 0 Å². The second-order valence-corrected chi connectivity index (χ2v) is 6.90. The van der Waals surface area contributed by atoms with Gasteiger partial charge in [0, 0.05) is 18.7 Å². The van der Waals surface area contributed by atoms with E-state index in [1.54, 1.807) is 18.2 Å². The number of benzene rings is 2. The van der Waals surface area contributed by atoms with Gasteiger partial charge in [0.2, 0.25) is 23.6 Å². The van der Waals surface area contributed by atoms with Gasteiger partial charge < -0.3 is 4.52 Å². The third-order valence-corrected chi connectivity index (χ3v) is 4.47. The van der Waals surface area contributed by atoms with Gasteiger partial charge in [0.25, 0.3) is 0 Å². The largest absolute Gasteiger partial charge is 0.337 e. The summed E-state index contributed by atoms with van der Waals surface area (Å²) in [4.78, 5) is 32.4. The summed E-state index contributed by atoms with van der Waals surface area (Å²) in [5, 5.41) is 9.33. The van der Waals surface area contributed by atoms with Gasteiger partial charge in [-0.2, -0.15) is 0 Å². The van der Waals surface area contributed by atoms with Crippen LogP contribution in [0.15, 0.2) is 71.4 Å². The van der Waals surface area contributed by atoms with E-state index in [-0.39, 0.29) is 30.1 Å². The van der Waals surface area contributed by atoms with Crippen LogP contribution in [0.25, 0.3) is 22.5 Å². The highest BCUT2D eigenvalue weighted by Gasteiger charge is 2.23. The molecule has 2 aromatic heterocycles. The highest BCUT2D eigenvalue weighted by molar-refractivity contribution is 5.97. The van der Waals surface area contributed by atoms with E-state index in [1.807, 2.05) is 30.3 Å². The lowest BCUT2D eigenvalue weighted by Gasteiger charge is -2.07. The van der Waals surface area contributed by atoms with Crippen molar-refractivity contribution in [1.29, 1.82) is 0 Å². The van der Waals surface area contributed by atoms with E-state index in [4.69, 9.17) is 4.52 Å². The fourth-order valence-electron chi connectivity index (χ4n) is 3.09. The van der Waals surface area contributed by atoms with Crippen LogP contribution in [-0.2, 0) is 16.0 Å². The lowest BCUT2D eigenvalue weighted by Crippen LogP contribution is -2.14. The fraction of sp³-hybridized carbons (Fsp3) is 0.0870. The highest BCUT2D eigenvalue weighted by atomic mass is 19.1. The zero-order valence-electron chi connectivity index (χ0n) is 17.0. The molecule has 0 saturated carbocycles. The molecule has 0 bridgehead atoms. The summed E-state index contributed by atoms with van der Waals surface area (Å²) in [6, 6.07) is 16.5. The minimum atomic E-state index is -0.398. The smallest absolute Gasteiger partial charge is 0.241 e. The maximum Gasteiger partial charge on any atom is 0.241 e. The lowest BCUT2D eigenvalue weighted by molar-refractivity contribution is -0.116. The Hall–Kier alpha value is -4.40. The molecular weight excluding hydrogens is 413 g/mol. The van der Waals surface area contributed by atoms with Crippen LogP contribution in [0.3, 0.4) is 0 Å². The average Bonchev–Trinajstić information content (AvgIpc) is 3.18. The second kappa shape index (κ2) is 9.17. The van der Waals surface area contributed by atoms with Crippen LogP contribution < -0.4 is 10.6 Å². The van der Waals surface area contributed by atoms with Gasteiger partial charge in [-0.25, -0.2) is 14.4 Å². The normalized spacial score (nSPS) is 10.6. The zero-order valence-corrected chi connectivity index (χ0v) is 17.0. The van der Waals surface area contributed by atoms with Crippen LogP contribution in [0.5, 0.6) is 0 Å². The van der Waals surface area contributed by atoms with Crippen LogP contribution in [-0.4, -0.2) is 26.9 Å². The Morgan fingerprint density at radius 3 is 2.47 bits per heavy atom. The van der Waals surface area contributed by atoms with Crippen molar-refractivity contribution < 1.29 is 18.5 Å². The number of amides is 2. The maximum absolute atomic E-state index is 13.4. The molecule has 0 fully saturated rings. The Morgan fingerprint density at radius 2 is 1.75 bits per heavy atom. The Balaban J connectivity index is 1.73. The maximum atomic E-state index is 13.4. The van der Waals surface area contributed by atoms with Crippen molar-refractivity contribution in [2.75, 3.05) is 10.6 Å². The van der Waals surface area contributed by atoms with Gasteiger partial charge in [-0.05, 0) is 35.9 Å². The summed E-state index contributed by atoms with van der Waals surface area (Å²) in [5.74, 6) is -0.872. The van der Waals surface area contributed by atoms with Crippen molar-refractivity contribution in [3.05, 3.63) is 78.2 Å². The molecule has 0 aliphatic heterocycles. The number of hydrogen-bond donors (Lipinski definition) is 2. The Morgan fingerprint density at radius 1 is 1.00 bits per heavy atom. The molecule has 0 atom stereocenters. The van der Waals surface area contributed by atoms with Crippen molar-refractivity contribution in [2.24, 2.45) is 0 Å². The van der Waals surface area contributed by atoms with Crippen LogP contribution >= 0.6 is 0 Å².